The lowest BCUT2D eigenvalue weighted by molar-refractivity contribution is -0.141. The molecule has 6 N–H and O–H groups in total. The Bertz CT molecular complexity index is 846. The van der Waals surface area contributed by atoms with E-state index >= 15 is 0 Å². The second-order valence-electron chi connectivity index (χ2n) is 7.50. The molecule has 12 heteroatoms. The zero-order chi connectivity index (χ0) is 25.0. The van der Waals surface area contributed by atoms with Crippen molar-refractivity contribution in [3.8, 4) is 0 Å². The molecule has 0 aromatic heterocycles. The number of carbonyl (C=O) groups is 5. The van der Waals surface area contributed by atoms with Crippen molar-refractivity contribution in [1.82, 2.24) is 16.0 Å². The van der Waals surface area contributed by atoms with Crippen LogP contribution in [0.3, 0.4) is 0 Å². The number of halogens is 1. The molecule has 0 bridgehead atoms. The molecule has 1 aromatic carbocycles. The van der Waals surface area contributed by atoms with Gasteiger partial charge in [0.2, 0.25) is 5.91 Å². The average Bonchev–Trinajstić information content (AvgIpc) is 2.73. The summed E-state index contributed by atoms with van der Waals surface area (Å²) in [5.74, 6) is -4.15. The van der Waals surface area contributed by atoms with Gasteiger partial charge in [-0.05, 0) is 72.9 Å². The molecule has 3 atom stereocenters. The Morgan fingerprint density at radius 2 is 1.36 bits per heavy atom. The SMILES string of the molecule is CC(CC[C@H](NC(=O)N[C@@H](CCC(=O)O)C(=O)O)C(=O)O)NC(=O)CCc1ccc(I)cc1. The summed E-state index contributed by atoms with van der Waals surface area (Å²) in [5, 5.41) is 34.1. The van der Waals surface area contributed by atoms with Crippen molar-refractivity contribution in [2.24, 2.45) is 0 Å². The van der Waals surface area contributed by atoms with Crippen LogP contribution in [-0.4, -0.2) is 63.3 Å². The summed E-state index contributed by atoms with van der Waals surface area (Å²) in [7, 11) is 0. The lowest BCUT2D eigenvalue weighted by atomic mass is 10.1. The van der Waals surface area contributed by atoms with Crippen LogP contribution in [-0.2, 0) is 25.6 Å². The van der Waals surface area contributed by atoms with Crippen LogP contribution in [0.2, 0.25) is 0 Å². The van der Waals surface area contributed by atoms with Gasteiger partial charge in [0.1, 0.15) is 12.1 Å². The number of aliphatic carboxylic acids is 3. The highest BCUT2D eigenvalue weighted by atomic mass is 127. The Morgan fingerprint density at radius 3 is 1.88 bits per heavy atom. The van der Waals surface area contributed by atoms with Gasteiger partial charge in [-0.25, -0.2) is 14.4 Å². The summed E-state index contributed by atoms with van der Waals surface area (Å²) in [6.07, 6.45) is 0.284. The van der Waals surface area contributed by atoms with E-state index in [1.54, 1.807) is 6.92 Å². The zero-order valence-electron chi connectivity index (χ0n) is 18.0. The van der Waals surface area contributed by atoms with Crippen molar-refractivity contribution in [2.45, 2.75) is 63.6 Å². The summed E-state index contributed by atoms with van der Waals surface area (Å²) in [5.41, 5.74) is 1.03. The van der Waals surface area contributed by atoms with Gasteiger partial charge in [-0.3, -0.25) is 9.59 Å². The molecule has 3 amide bonds. The van der Waals surface area contributed by atoms with Crippen LogP contribution in [0.15, 0.2) is 24.3 Å². The van der Waals surface area contributed by atoms with Crippen LogP contribution < -0.4 is 16.0 Å². The normalized spacial score (nSPS) is 13.3. The van der Waals surface area contributed by atoms with Crippen molar-refractivity contribution in [3.05, 3.63) is 33.4 Å². The molecule has 0 heterocycles. The summed E-state index contributed by atoms with van der Waals surface area (Å²) < 4.78 is 1.10. The van der Waals surface area contributed by atoms with Gasteiger partial charge in [-0.15, -0.1) is 0 Å². The van der Waals surface area contributed by atoms with Gasteiger partial charge in [-0.2, -0.15) is 0 Å². The Labute approximate surface area is 204 Å². The van der Waals surface area contributed by atoms with E-state index in [4.69, 9.17) is 10.2 Å². The summed E-state index contributed by atoms with van der Waals surface area (Å²) >= 11 is 2.20. The number of benzene rings is 1. The molecule has 1 unspecified atom stereocenters. The molecule has 182 valence electrons. The molecule has 0 aliphatic carbocycles. The number of urea groups is 1. The predicted octanol–water partition coefficient (Wildman–Crippen LogP) is 1.58. The van der Waals surface area contributed by atoms with E-state index in [1.807, 2.05) is 24.3 Å². The van der Waals surface area contributed by atoms with Crippen molar-refractivity contribution >= 4 is 52.4 Å². The fraction of sp³-hybridized carbons (Fsp3) is 0.476. The van der Waals surface area contributed by atoms with Crippen LogP contribution in [0.1, 0.15) is 44.6 Å². The number of nitrogens with one attached hydrogen (secondary N) is 3. The van der Waals surface area contributed by atoms with Crippen LogP contribution in [0.25, 0.3) is 0 Å². The van der Waals surface area contributed by atoms with E-state index in [1.165, 1.54) is 0 Å². The molecule has 0 aliphatic rings. The van der Waals surface area contributed by atoms with Crippen LogP contribution >= 0.6 is 22.6 Å². The van der Waals surface area contributed by atoms with Gasteiger partial charge < -0.3 is 31.3 Å². The second-order valence-corrected chi connectivity index (χ2v) is 8.75. The molecule has 11 nitrogen and oxygen atoms in total. The van der Waals surface area contributed by atoms with E-state index in [2.05, 4.69) is 38.5 Å². The van der Waals surface area contributed by atoms with Crippen molar-refractivity contribution < 1.29 is 39.3 Å². The van der Waals surface area contributed by atoms with E-state index in [0.29, 0.717) is 6.42 Å². The van der Waals surface area contributed by atoms with E-state index in [0.717, 1.165) is 9.13 Å². The van der Waals surface area contributed by atoms with Gasteiger partial charge >= 0.3 is 23.9 Å². The maximum absolute atomic E-state index is 12.1. The standard InChI is InChI=1S/C21H28IN3O8/c1-12(23-17(26)10-5-13-3-6-14(22)7-4-13)2-8-15(19(29)30)24-21(33)25-16(20(31)32)9-11-18(27)28/h3-4,6-7,12,15-16H,2,5,8-11H2,1H3,(H,23,26)(H,27,28)(H,29,30)(H,31,32)(H2,24,25,33)/t12?,15-,16-/m0/s1. The molecular weight excluding hydrogens is 549 g/mol. The Kier molecular flexibility index (Phi) is 12.2. The number of hydrogen-bond acceptors (Lipinski definition) is 5. The van der Waals surface area contributed by atoms with Crippen molar-refractivity contribution in [2.75, 3.05) is 0 Å². The third-order valence-corrected chi connectivity index (χ3v) is 5.42. The smallest absolute Gasteiger partial charge is 0.326 e. The largest absolute Gasteiger partial charge is 0.481 e. The topological polar surface area (TPSA) is 182 Å². The van der Waals surface area contributed by atoms with E-state index < -0.39 is 42.4 Å². The number of carboxylic acids is 3. The van der Waals surface area contributed by atoms with Gasteiger partial charge in [0, 0.05) is 22.5 Å². The molecule has 1 aromatic rings. The highest BCUT2D eigenvalue weighted by molar-refractivity contribution is 14.1. The molecule has 0 radical (unpaired) electrons. The molecule has 0 saturated carbocycles. The lowest BCUT2D eigenvalue weighted by Gasteiger charge is -2.20. The van der Waals surface area contributed by atoms with Gasteiger partial charge in [0.25, 0.3) is 0 Å². The fourth-order valence-electron chi connectivity index (χ4n) is 2.89. The lowest BCUT2D eigenvalue weighted by Crippen LogP contribution is -2.51. The quantitative estimate of drug-likeness (QED) is 0.180. The Morgan fingerprint density at radius 1 is 0.818 bits per heavy atom. The summed E-state index contributed by atoms with van der Waals surface area (Å²) in [6.45, 7) is 1.72. The third-order valence-electron chi connectivity index (χ3n) is 4.70. The van der Waals surface area contributed by atoms with Gasteiger partial charge in [-0.1, -0.05) is 12.1 Å². The minimum Gasteiger partial charge on any atom is -0.481 e. The Hall–Kier alpha value is -2.90. The number of rotatable bonds is 14. The number of carboxylic acid groups (broad SMARTS) is 3. The van der Waals surface area contributed by atoms with Crippen LogP contribution in [0, 0.1) is 3.57 Å². The zero-order valence-corrected chi connectivity index (χ0v) is 20.2. The molecule has 1 rings (SSSR count). The highest BCUT2D eigenvalue weighted by Gasteiger charge is 2.25. The predicted molar refractivity (Wildman–Crippen MR) is 126 cm³/mol. The second kappa shape index (κ2) is 14.3. The van der Waals surface area contributed by atoms with Gasteiger partial charge in [0.05, 0.1) is 0 Å². The summed E-state index contributed by atoms with van der Waals surface area (Å²) in [4.78, 5) is 57.4. The van der Waals surface area contributed by atoms with Crippen molar-refractivity contribution in [3.63, 3.8) is 0 Å². The average molecular weight is 577 g/mol. The first kappa shape index (κ1) is 28.1. The molecule has 0 fully saturated rings. The molecular formula is C21H28IN3O8. The fourth-order valence-corrected chi connectivity index (χ4v) is 3.25. The number of hydrogen-bond donors (Lipinski definition) is 6. The third kappa shape index (κ3) is 12.1. The molecule has 0 spiro atoms. The summed E-state index contributed by atoms with van der Waals surface area (Å²) in [6, 6.07) is 3.64. The number of amides is 3. The van der Waals surface area contributed by atoms with E-state index in [-0.39, 0.29) is 37.6 Å². The first-order chi connectivity index (χ1) is 15.5. The minimum atomic E-state index is -1.47. The number of carbonyl (C=O) groups excluding carboxylic acids is 2. The highest BCUT2D eigenvalue weighted by Crippen LogP contribution is 2.09. The molecule has 0 saturated heterocycles. The maximum atomic E-state index is 12.1. The van der Waals surface area contributed by atoms with Crippen LogP contribution in [0.5, 0.6) is 0 Å². The maximum Gasteiger partial charge on any atom is 0.326 e. The van der Waals surface area contributed by atoms with Crippen LogP contribution in [0.4, 0.5) is 4.79 Å². The monoisotopic (exact) mass is 577 g/mol. The number of aryl methyl sites for hydroxylation is 1. The molecule has 0 aliphatic heterocycles. The first-order valence-corrected chi connectivity index (χ1v) is 11.3. The molecule has 33 heavy (non-hydrogen) atoms. The Balaban J connectivity index is 2.47. The van der Waals surface area contributed by atoms with Crippen molar-refractivity contribution in [1.29, 1.82) is 0 Å². The minimum absolute atomic E-state index is 0.00577. The van der Waals surface area contributed by atoms with Gasteiger partial charge in [0.15, 0.2) is 0 Å². The first-order valence-electron chi connectivity index (χ1n) is 10.3. The van der Waals surface area contributed by atoms with E-state index in [9.17, 15) is 29.1 Å².